The highest BCUT2D eigenvalue weighted by molar-refractivity contribution is 7.99. The van der Waals surface area contributed by atoms with Crippen molar-refractivity contribution >= 4 is 11.8 Å². The Morgan fingerprint density at radius 2 is 2.29 bits per heavy atom. The molecule has 0 aliphatic carbocycles. The van der Waals surface area contributed by atoms with E-state index in [0.29, 0.717) is 11.4 Å². The van der Waals surface area contributed by atoms with Gasteiger partial charge in [-0.3, -0.25) is 0 Å². The Labute approximate surface area is 91.4 Å². The third-order valence-corrected chi connectivity index (χ3v) is 4.20. The molecule has 0 amide bonds. The van der Waals surface area contributed by atoms with Gasteiger partial charge in [0.05, 0.1) is 12.2 Å². The fourth-order valence-corrected chi connectivity index (χ4v) is 2.58. The van der Waals surface area contributed by atoms with Gasteiger partial charge in [-0.2, -0.15) is 11.8 Å². The van der Waals surface area contributed by atoms with Gasteiger partial charge in [0.25, 0.3) is 0 Å². The van der Waals surface area contributed by atoms with Gasteiger partial charge in [0.1, 0.15) is 0 Å². The Bertz CT molecular complexity index is 140. The molecule has 0 aromatic carbocycles. The minimum Gasteiger partial charge on any atom is -0.392 e. The number of hydrogen-bond acceptors (Lipinski definition) is 3. The highest BCUT2D eigenvalue weighted by atomic mass is 32.2. The summed E-state index contributed by atoms with van der Waals surface area (Å²) in [7, 11) is 0. The predicted molar refractivity (Wildman–Crippen MR) is 61.8 cm³/mol. The van der Waals surface area contributed by atoms with Crippen LogP contribution in [0.3, 0.4) is 0 Å². The maximum atomic E-state index is 9.29. The summed E-state index contributed by atoms with van der Waals surface area (Å²) in [6.45, 7) is 4.90. The fraction of sp³-hybridized carbons (Fsp3) is 1.00. The summed E-state index contributed by atoms with van der Waals surface area (Å²) in [4.78, 5) is 0. The minimum atomic E-state index is -0.192. The van der Waals surface area contributed by atoms with Gasteiger partial charge < -0.3 is 9.84 Å². The Balaban J connectivity index is 1.93. The van der Waals surface area contributed by atoms with E-state index >= 15 is 0 Å². The first kappa shape index (κ1) is 12.3. The van der Waals surface area contributed by atoms with Crippen LogP contribution in [0.4, 0.5) is 0 Å². The Morgan fingerprint density at radius 1 is 1.50 bits per heavy atom. The van der Waals surface area contributed by atoms with Crippen LogP contribution in [-0.4, -0.2) is 34.9 Å². The number of aliphatic hydroxyl groups excluding tert-OH is 1. The summed E-state index contributed by atoms with van der Waals surface area (Å²) in [5.74, 6) is 1.14. The molecule has 0 spiro atoms. The van der Waals surface area contributed by atoms with Gasteiger partial charge in [-0.25, -0.2) is 0 Å². The fourth-order valence-electron chi connectivity index (χ4n) is 1.59. The molecule has 1 saturated heterocycles. The van der Waals surface area contributed by atoms with E-state index in [1.807, 2.05) is 18.7 Å². The molecule has 3 heteroatoms. The molecule has 1 heterocycles. The van der Waals surface area contributed by atoms with Gasteiger partial charge in [-0.05, 0) is 38.4 Å². The normalized spacial score (nSPS) is 26.4. The molecule has 1 aliphatic heterocycles. The monoisotopic (exact) mass is 218 g/mol. The van der Waals surface area contributed by atoms with E-state index < -0.39 is 0 Å². The zero-order chi connectivity index (χ0) is 10.4. The first-order chi connectivity index (χ1) is 6.70. The van der Waals surface area contributed by atoms with E-state index in [1.165, 1.54) is 25.7 Å². The lowest BCUT2D eigenvalue weighted by molar-refractivity contribution is 0.104. The van der Waals surface area contributed by atoms with Crippen molar-refractivity contribution in [3.63, 3.8) is 0 Å². The van der Waals surface area contributed by atoms with Crippen molar-refractivity contribution in [1.29, 1.82) is 0 Å². The number of rotatable bonds is 6. The van der Waals surface area contributed by atoms with E-state index in [1.54, 1.807) is 0 Å². The van der Waals surface area contributed by atoms with Gasteiger partial charge in [0, 0.05) is 11.9 Å². The second kappa shape index (κ2) is 6.70. The molecule has 3 unspecified atom stereocenters. The lowest BCUT2D eigenvalue weighted by atomic mass is 10.1. The Morgan fingerprint density at radius 3 is 2.86 bits per heavy atom. The van der Waals surface area contributed by atoms with Crippen molar-refractivity contribution in [2.75, 3.05) is 12.4 Å². The van der Waals surface area contributed by atoms with Crippen LogP contribution in [-0.2, 0) is 4.74 Å². The van der Waals surface area contributed by atoms with Crippen LogP contribution in [0.2, 0.25) is 0 Å². The first-order valence-electron chi connectivity index (χ1n) is 5.61. The van der Waals surface area contributed by atoms with Crippen molar-refractivity contribution in [2.45, 2.75) is 57.0 Å². The van der Waals surface area contributed by atoms with Gasteiger partial charge in [0.15, 0.2) is 0 Å². The summed E-state index contributed by atoms with van der Waals surface area (Å²) in [6, 6.07) is 0. The molecule has 2 nitrogen and oxygen atoms in total. The molecule has 14 heavy (non-hydrogen) atoms. The Kier molecular flexibility index (Phi) is 5.90. The molecule has 1 N–H and O–H groups in total. The minimum absolute atomic E-state index is 0.192. The topological polar surface area (TPSA) is 29.5 Å². The molecule has 0 aromatic rings. The highest BCUT2D eigenvalue weighted by Crippen LogP contribution is 2.20. The van der Waals surface area contributed by atoms with Gasteiger partial charge >= 0.3 is 0 Å². The lowest BCUT2D eigenvalue weighted by Crippen LogP contribution is -2.16. The number of aliphatic hydroxyl groups is 1. The molecule has 1 fully saturated rings. The lowest BCUT2D eigenvalue weighted by Gasteiger charge is -2.14. The summed E-state index contributed by atoms with van der Waals surface area (Å²) >= 11 is 1.86. The van der Waals surface area contributed by atoms with Crippen LogP contribution < -0.4 is 0 Å². The second-order valence-electron chi connectivity index (χ2n) is 4.09. The average molecular weight is 218 g/mol. The predicted octanol–water partition coefficient (Wildman–Crippen LogP) is 2.45. The second-order valence-corrected chi connectivity index (χ2v) is 5.58. The van der Waals surface area contributed by atoms with E-state index in [0.717, 1.165) is 12.4 Å². The third kappa shape index (κ3) is 4.67. The van der Waals surface area contributed by atoms with E-state index in [9.17, 15) is 5.11 Å². The maximum Gasteiger partial charge on any atom is 0.0627 e. The molecule has 1 aliphatic rings. The molecule has 0 aromatic heterocycles. The summed E-state index contributed by atoms with van der Waals surface area (Å²) in [5, 5.41) is 9.65. The van der Waals surface area contributed by atoms with E-state index in [2.05, 4.69) is 6.92 Å². The zero-order valence-corrected chi connectivity index (χ0v) is 10.1. The van der Waals surface area contributed by atoms with Gasteiger partial charge in [0.2, 0.25) is 0 Å². The first-order valence-corrected chi connectivity index (χ1v) is 6.66. The van der Waals surface area contributed by atoms with Crippen molar-refractivity contribution < 1.29 is 9.84 Å². The number of thioether (sulfide) groups is 1. The zero-order valence-electron chi connectivity index (χ0n) is 9.24. The van der Waals surface area contributed by atoms with E-state index in [-0.39, 0.29) is 6.10 Å². The Hall–Kier alpha value is 0.270. The standard InChI is InChI=1S/C11H22O2S/c1-9(12)10(2)14-8-4-6-11-5-3-7-13-11/h9-12H,3-8H2,1-2H3. The molecule has 0 saturated carbocycles. The molecule has 0 radical (unpaired) electrons. The summed E-state index contributed by atoms with van der Waals surface area (Å²) in [5.41, 5.74) is 0. The van der Waals surface area contributed by atoms with Crippen LogP contribution in [0.25, 0.3) is 0 Å². The van der Waals surface area contributed by atoms with Crippen LogP contribution in [0.1, 0.15) is 39.5 Å². The third-order valence-electron chi connectivity index (χ3n) is 2.75. The van der Waals surface area contributed by atoms with Gasteiger partial charge in [-0.15, -0.1) is 0 Å². The smallest absolute Gasteiger partial charge is 0.0627 e. The average Bonchev–Trinajstić information content (AvgIpc) is 2.64. The molecular weight excluding hydrogens is 196 g/mol. The highest BCUT2D eigenvalue weighted by Gasteiger charge is 2.15. The summed E-state index contributed by atoms with van der Waals surface area (Å²) in [6.07, 6.45) is 5.23. The van der Waals surface area contributed by atoms with Crippen LogP contribution in [0.5, 0.6) is 0 Å². The molecule has 84 valence electrons. The SMILES string of the molecule is CC(O)C(C)SCCCC1CCCO1. The van der Waals surface area contributed by atoms with Crippen molar-refractivity contribution in [3.8, 4) is 0 Å². The van der Waals surface area contributed by atoms with E-state index in [4.69, 9.17) is 4.74 Å². The molecule has 3 atom stereocenters. The quantitative estimate of drug-likeness (QED) is 0.694. The van der Waals surface area contributed by atoms with Crippen LogP contribution in [0.15, 0.2) is 0 Å². The molecular formula is C11H22O2S. The van der Waals surface area contributed by atoms with Crippen molar-refractivity contribution in [2.24, 2.45) is 0 Å². The maximum absolute atomic E-state index is 9.29. The van der Waals surface area contributed by atoms with Crippen LogP contribution >= 0.6 is 11.8 Å². The van der Waals surface area contributed by atoms with Crippen molar-refractivity contribution in [3.05, 3.63) is 0 Å². The largest absolute Gasteiger partial charge is 0.392 e. The molecule has 0 bridgehead atoms. The number of ether oxygens (including phenoxy) is 1. The van der Waals surface area contributed by atoms with Crippen LogP contribution in [0, 0.1) is 0 Å². The van der Waals surface area contributed by atoms with Gasteiger partial charge in [-0.1, -0.05) is 6.92 Å². The van der Waals surface area contributed by atoms with Crippen molar-refractivity contribution in [1.82, 2.24) is 0 Å². The molecule has 1 rings (SSSR count). The number of hydrogen-bond donors (Lipinski definition) is 1. The summed E-state index contributed by atoms with van der Waals surface area (Å²) < 4.78 is 5.55.